The van der Waals surface area contributed by atoms with E-state index in [1.807, 2.05) is 0 Å². The Labute approximate surface area is 87.3 Å². The van der Waals surface area contributed by atoms with Crippen LogP contribution in [0.5, 0.6) is 0 Å². The SMILES string of the molecule is CC(C)C1CSC(c2nccnn2)=N1. The first-order valence-electron chi connectivity index (χ1n) is 4.62. The molecule has 2 heterocycles. The third kappa shape index (κ3) is 1.92. The van der Waals surface area contributed by atoms with Crippen LogP contribution in [-0.4, -0.2) is 32.0 Å². The topological polar surface area (TPSA) is 51.0 Å². The van der Waals surface area contributed by atoms with Crippen molar-refractivity contribution in [1.29, 1.82) is 0 Å². The van der Waals surface area contributed by atoms with Crippen LogP contribution in [-0.2, 0) is 0 Å². The fourth-order valence-corrected chi connectivity index (χ4v) is 2.42. The molecule has 0 bridgehead atoms. The molecule has 74 valence electrons. The summed E-state index contributed by atoms with van der Waals surface area (Å²) in [5.41, 5.74) is 0. The van der Waals surface area contributed by atoms with Gasteiger partial charge in [0.2, 0.25) is 5.82 Å². The summed E-state index contributed by atoms with van der Waals surface area (Å²) in [7, 11) is 0. The van der Waals surface area contributed by atoms with Gasteiger partial charge in [0, 0.05) is 11.9 Å². The molecule has 0 amide bonds. The minimum Gasteiger partial charge on any atom is -0.270 e. The van der Waals surface area contributed by atoms with Crippen LogP contribution >= 0.6 is 11.8 Å². The third-order valence-electron chi connectivity index (χ3n) is 2.12. The molecule has 0 saturated carbocycles. The van der Waals surface area contributed by atoms with Crippen molar-refractivity contribution >= 4 is 16.8 Å². The van der Waals surface area contributed by atoms with Crippen LogP contribution in [0.15, 0.2) is 17.4 Å². The summed E-state index contributed by atoms with van der Waals surface area (Å²) in [4.78, 5) is 8.70. The number of aliphatic imine (C=N–C) groups is 1. The predicted molar refractivity (Wildman–Crippen MR) is 57.4 cm³/mol. The van der Waals surface area contributed by atoms with E-state index >= 15 is 0 Å². The van der Waals surface area contributed by atoms with Crippen LogP contribution in [0.1, 0.15) is 19.7 Å². The van der Waals surface area contributed by atoms with Crippen molar-refractivity contribution in [2.75, 3.05) is 5.75 Å². The monoisotopic (exact) mass is 208 g/mol. The molecule has 1 unspecified atom stereocenters. The van der Waals surface area contributed by atoms with E-state index in [1.54, 1.807) is 24.2 Å². The van der Waals surface area contributed by atoms with Gasteiger partial charge in [-0.3, -0.25) is 4.99 Å². The van der Waals surface area contributed by atoms with Gasteiger partial charge in [-0.2, -0.15) is 5.10 Å². The Balaban J connectivity index is 2.18. The summed E-state index contributed by atoms with van der Waals surface area (Å²) in [5.74, 6) is 2.27. The molecule has 0 aromatic carbocycles. The van der Waals surface area contributed by atoms with E-state index in [0.717, 1.165) is 10.8 Å². The lowest BCUT2D eigenvalue weighted by Crippen LogP contribution is -2.11. The number of rotatable bonds is 2. The standard InChI is InChI=1S/C9H12N4S/c1-6(2)7-5-14-9(12-7)8-10-3-4-11-13-8/h3-4,6-7H,5H2,1-2H3. The Morgan fingerprint density at radius 2 is 2.29 bits per heavy atom. The van der Waals surface area contributed by atoms with Gasteiger partial charge in [0.15, 0.2) is 0 Å². The summed E-state index contributed by atoms with van der Waals surface area (Å²) < 4.78 is 0. The van der Waals surface area contributed by atoms with Crippen molar-refractivity contribution < 1.29 is 0 Å². The molecule has 0 fully saturated rings. The summed E-state index contributed by atoms with van der Waals surface area (Å²) in [6.07, 6.45) is 3.22. The number of aromatic nitrogens is 3. The molecule has 1 aromatic rings. The van der Waals surface area contributed by atoms with Gasteiger partial charge >= 0.3 is 0 Å². The lowest BCUT2D eigenvalue weighted by atomic mass is 10.1. The molecule has 0 saturated heterocycles. The van der Waals surface area contributed by atoms with Crippen molar-refractivity contribution in [3.63, 3.8) is 0 Å². The molecule has 1 atom stereocenters. The maximum absolute atomic E-state index is 4.57. The fourth-order valence-electron chi connectivity index (χ4n) is 1.20. The molecule has 1 aromatic heterocycles. The molecule has 2 rings (SSSR count). The molecule has 14 heavy (non-hydrogen) atoms. The van der Waals surface area contributed by atoms with Crippen molar-refractivity contribution in [3.05, 3.63) is 18.2 Å². The van der Waals surface area contributed by atoms with Crippen LogP contribution in [0.25, 0.3) is 0 Å². The van der Waals surface area contributed by atoms with E-state index in [4.69, 9.17) is 0 Å². The van der Waals surface area contributed by atoms with Crippen LogP contribution in [0, 0.1) is 5.92 Å². The van der Waals surface area contributed by atoms with E-state index in [9.17, 15) is 0 Å². The second-order valence-electron chi connectivity index (χ2n) is 3.52. The summed E-state index contributed by atoms with van der Waals surface area (Å²) >= 11 is 1.72. The molecular weight excluding hydrogens is 196 g/mol. The minimum absolute atomic E-state index is 0.402. The first-order valence-corrected chi connectivity index (χ1v) is 5.60. The zero-order chi connectivity index (χ0) is 9.97. The average molecular weight is 208 g/mol. The van der Waals surface area contributed by atoms with E-state index in [2.05, 4.69) is 34.0 Å². The van der Waals surface area contributed by atoms with Crippen LogP contribution in [0.4, 0.5) is 0 Å². The highest BCUT2D eigenvalue weighted by molar-refractivity contribution is 8.14. The van der Waals surface area contributed by atoms with Gasteiger partial charge < -0.3 is 0 Å². The first-order chi connectivity index (χ1) is 6.77. The molecule has 0 aliphatic carbocycles. The summed E-state index contributed by atoms with van der Waals surface area (Å²) in [6.45, 7) is 4.36. The fraction of sp³-hybridized carbons (Fsp3) is 0.556. The maximum atomic E-state index is 4.57. The van der Waals surface area contributed by atoms with Crippen LogP contribution < -0.4 is 0 Å². The maximum Gasteiger partial charge on any atom is 0.206 e. The van der Waals surface area contributed by atoms with Crippen LogP contribution in [0.3, 0.4) is 0 Å². The second kappa shape index (κ2) is 4.04. The molecule has 0 spiro atoms. The van der Waals surface area contributed by atoms with Gasteiger partial charge in [0.25, 0.3) is 0 Å². The van der Waals surface area contributed by atoms with E-state index < -0.39 is 0 Å². The summed E-state index contributed by atoms with van der Waals surface area (Å²) in [5, 5.41) is 8.66. The smallest absolute Gasteiger partial charge is 0.206 e. The van der Waals surface area contributed by atoms with Gasteiger partial charge in [-0.05, 0) is 5.92 Å². The van der Waals surface area contributed by atoms with Crippen molar-refractivity contribution in [1.82, 2.24) is 15.2 Å². The Kier molecular flexibility index (Phi) is 2.77. The van der Waals surface area contributed by atoms with E-state index in [1.165, 1.54) is 0 Å². The Morgan fingerprint density at radius 1 is 1.43 bits per heavy atom. The zero-order valence-corrected chi connectivity index (χ0v) is 9.03. The Hall–Kier alpha value is -0.970. The molecule has 1 aliphatic heterocycles. The Morgan fingerprint density at radius 3 is 2.86 bits per heavy atom. The number of hydrogen-bond acceptors (Lipinski definition) is 5. The minimum atomic E-state index is 0.402. The number of thioether (sulfide) groups is 1. The van der Waals surface area contributed by atoms with Gasteiger partial charge in [0.05, 0.1) is 12.2 Å². The molecule has 0 N–H and O–H groups in total. The van der Waals surface area contributed by atoms with Gasteiger partial charge in [-0.15, -0.1) is 16.9 Å². The zero-order valence-electron chi connectivity index (χ0n) is 8.21. The largest absolute Gasteiger partial charge is 0.270 e. The highest BCUT2D eigenvalue weighted by Crippen LogP contribution is 2.25. The molecule has 1 aliphatic rings. The van der Waals surface area contributed by atoms with Crippen molar-refractivity contribution in [3.8, 4) is 0 Å². The molecule has 4 nitrogen and oxygen atoms in total. The van der Waals surface area contributed by atoms with Gasteiger partial charge in [0.1, 0.15) is 5.04 Å². The quantitative estimate of drug-likeness (QED) is 0.737. The normalized spacial score (nSPS) is 21.4. The molecule has 0 radical (unpaired) electrons. The van der Waals surface area contributed by atoms with E-state index in [-0.39, 0.29) is 0 Å². The second-order valence-corrected chi connectivity index (χ2v) is 4.53. The predicted octanol–water partition coefficient (Wildman–Crippen LogP) is 1.39. The van der Waals surface area contributed by atoms with E-state index in [0.29, 0.717) is 17.8 Å². The first kappa shape index (κ1) is 9.58. The van der Waals surface area contributed by atoms with Crippen molar-refractivity contribution in [2.45, 2.75) is 19.9 Å². The highest BCUT2D eigenvalue weighted by Gasteiger charge is 2.23. The lowest BCUT2D eigenvalue weighted by Gasteiger charge is -2.07. The van der Waals surface area contributed by atoms with Crippen LogP contribution in [0.2, 0.25) is 0 Å². The molecular formula is C9H12N4S. The number of hydrogen-bond donors (Lipinski definition) is 0. The van der Waals surface area contributed by atoms with Crippen molar-refractivity contribution in [2.24, 2.45) is 10.9 Å². The highest BCUT2D eigenvalue weighted by atomic mass is 32.2. The summed E-state index contributed by atoms with van der Waals surface area (Å²) in [6, 6.07) is 0.402. The number of nitrogens with zero attached hydrogens (tertiary/aromatic N) is 4. The third-order valence-corrected chi connectivity index (χ3v) is 3.19. The van der Waals surface area contributed by atoms with Gasteiger partial charge in [-0.25, -0.2) is 4.98 Å². The Bertz CT molecular complexity index is 336. The lowest BCUT2D eigenvalue weighted by molar-refractivity contribution is 0.543. The average Bonchev–Trinajstić information content (AvgIpc) is 2.68. The van der Waals surface area contributed by atoms with Gasteiger partial charge in [-0.1, -0.05) is 13.8 Å². The molecule has 5 heteroatoms.